The molecule has 2 aliphatic rings. The summed E-state index contributed by atoms with van der Waals surface area (Å²) in [7, 11) is 0. The largest absolute Gasteiger partial charge is 0.350 e. The van der Waals surface area contributed by atoms with Crippen LogP contribution in [-0.2, 0) is 4.79 Å². The van der Waals surface area contributed by atoms with E-state index in [0.717, 1.165) is 36.2 Å². The van der Waals surface area contributed by atoms with E-state index >= 15 is 0 Å². The number of carbonyl (C=O) groups excluding carboxylic acids is 3. The Morgan fingerprint density at radius 3 is 2.09 bits per heavy atom. The lowest BCUT2D eigenvalue weighted by Gasteiger charge is -2.43. The fraction of sp³-hybridized carbons (Fsp3) is 0.400. The quantitative estimate of drug-likeness (QED) is 0.633. The van der Waals surface area contributed by atoms with Crippen LogP contribution in [0.3, 0.4) is 0 Å². The molecule has 2 aromatic rings. The fourth-order valence-electron chi connectivity index (χ4n) is 4.65. The first kappa shape index (κ1) is 24.3. The number of rotatable bonds is 4. The average Bonchev–Trinajstić information content (AvgIpc) is 2.84. The molecule has 2 fully saturated rings. The van der Waals surface area contributed by atoms with Crippen molar-refractivity contribution >= 4 is 33.7 Å². The highest BCUT2D eigenvalue weighted by atomic mass is 79.9. The van der Waals surface area contributed by atoms with Crippen molar-refractivity contribution in [2.75, 3.05) is 13.1 Å². The maximum absolute atomic E-state index is 13.8. The first-order chi connectivity index (χ1) is 16.3. The Bertz CT molecular complexity index is 1010. The lowest BCUT2D eigenvalue weighted by Crippen LogP contribution is -2.64. The summed E-state index contributed by atoms with van der Waals surface area (Å²) in [4.78, 5) is 43.2. The minimum Gasteiger partial charge on any atom is -0.350 e. The summed E-state index contributed by atoms with van der Waals surface area (Å²) < 4.78 is 14.6. The molecule has 1 unspecified atom stereocenters. The molecule has 1 saturated carbocycles. The molecule has 9 heteroatoms. The van der Waals surface area contributed by atoms with Crippen LogP contribution in [0.25, 0.3) is 0 Å². The molecule has 3 N–H and O–H groups in total. The molecule has 34 heavy (non-hydrogen) atoms. The third-order valence-electron chi connectivity index (χ3n) is 6.41. The Hall–Kier alpha value is -2.78. The average molecular weight is 531 g/mol. The lowest BCUT2D eigenvalue weighted by molar-refractivity contribution is -0.133. The van der Waals surface area contributed by atoms with Crippen LogP contribution in [0.2, 0.25) is 0 Å². The number of carbonyl (C=O) groups is 3. The van der Waals surface area contributed by atoms with Crippen molar-refractivity contribution in [2.24, 2.45) is 5.73 Å². The van der Waals surface area contributed by atoms with Crippen molar-refractivity contribution in [1.29, 1.82) is 0 Å². The highest BCUT2D eigenvalue weighted by Gasteiger charge is 2.41. The van der Waals surface area contributed by atoms with Crippen molar-refractivity contribution in [3.63, 3.8) is 0 Å². The van der Waals surface area contributed by atoms with E-state index in [1.54, 1.807) is 18.2 Å². The number of halogens is 2. The maximum Gasteiger partial charge on any atom is 0.264 e. The van der Waals surface area contributed by atoms with Crippen LogP contribution in [0.1, 0.15) is 52.8 Å². The van der Waals surface area contributed by atoms with Crippen molar-refractivity contribution in [2.45, 2.75) is 50.4 Å². The molecule has 0 bridgehead atoms. The number of nitrogens with two attached hydrogens (primary N) is 1. The number of hydrogen-bond donors (Lipinski definition) is 2. The molecular formula is C25H28BrFN4O3. The highest BCUT2D eigenvalue weighted by molar-refractivity contribution is 9.10. The molecule has 1 saturated heterocycles. The SMILES string of the molecule is NC1CCC(NC(=O)C2N(C(=O)c3cccc(F)c3)CCCN2C(=O)c2cccc(Br)c2)CC1. The lowest BCUT2D eigenvalue weighted by atomic mass is 9.91. The zero-order valence-electron chi connectivity index (χ0n) is 18.8. The second-order valence-electron chi connectivity index (χ2n) is 8.87. The van der Waals surface area contributed by atoms with Gasteiger partial charge in [0.05, 0.1) is 0 Å². The van der Waals surface area contributed by atoms with E-state index in [0.29, 0.717) is 18.5 Å². The van der Waals surface area contributed by atoms with Crippen LogP contribution in [0.5, 0.6) is 0 Å². The zero-order chi connectivity index (χ0) is 24.2. The van der Waals surface area contributed by atoms with E-state index in [4.69, 9.17) is 5.73 Å². The summed E-state index contributed by atoms with van der Waals surface area (Å²) in [6.07, 6.45) is 2.48. The van der Waals surface area contributed by atoms with E-state index < -0.39 is 23.8 Å². The fourth-order valence-corrected chi connectivity index (χ4v) is 5.05. The summed E-state index contributed by atoms with van der Waals surface area (Å²) in [6.45, 7) is 0.608. The minimum absolute atomic E-state index is 0.0665. The molecule has 1 aliphatic carbocycles. The first-order valence-corrected chi connectivity index (χ1v) is 12.3. The molecule has 0 radical (unpaired) electrons. The van der Waals surface area contributed by atoms with Gasteiger partial charge in [0.1, 0.15) is 5.82 Å². The molecule has 0 aromatic heterocycles. The first-order valence-electron chi connectivity index (χ1n) is 11.5. The summed E-state index contributed by atoms with van der Waals surface area (Å²) in [5.74, 6) is -1.78. The van der Waals surface area contributed by atoms with Gasteiger partial charge in [0.15, 0.2) is 6.17 Å². The smallest absolute Gasteiger partial charge is 0.264 e. The van der Waals surface area contributed by atoms with E-state index in [1.807, 2.05) is 6.07 Å². The Kier molecular flexibility index (Phi) is 7.63. The van der Waals surface area contributed by atoms with Crippen LogP contribution in [0.15, 0.2) is 53.0 Å². The molecule has 180 valence electrons. The van der Waals surface area contributed by atoms with Crippen LogP contribution in [-0.4, -0.2) is 58.9 Å². The molecule has 1 aliphatic heterocycles. The normalized spacial score (nSPS) is 22.9. The predicted molar refractivity (Wildman–Crippen MR) is 129 cm³/mol. The highest BCUT2D eigenvalue weighted by Crippen LogP contribution is 2.24. The van der Waals surface area contributed by atoms with E-state index in [-0.39, 0.29) is 30.1 Å². The molecule has 1 atom stereocenters. The summed E-state index contributed by atoms with van der Waals surface area (Å²) >= 11 is 3.38. The van der Waals surface area contributed by atoms with Gasteiger partial charge in [-0.2, -0.15) is 0 Å². The van der Waals surface area contributed by atoms with Gasteiger partial charge in [-0.15, -0.1) is 0 Å². The number of benzene rings is 2. The monoisotopic (exact) mass is 530 g/mol. The van der Waals surface area contributed by atoms with Crippen LogP contribution in [0, 0.1) is 5.82 Å². The van der Waals surface area contributed by atoms with Gasteiger partial charge in [-0.25, -0.2) is 4.39 Å². The maximum atomic E-state index is 13.8. The summed E-state index contributed by atoms with van der Waals surface area (Å²) in [6, 6.07) is 12.4. The van der Waals surface area contributed by atoms with Gasteiger partial charge >= 0.3 is 0 Å². The van der Waals surface area contributed by atoms with Gasteiger partial charge in [-0.05, 0) is 68.5 Å². The molecule has 3 amide bonds. The van der Waals surface area contributed by atoms with E-state index in [2.05, 4.69) is 21.2 Å². The molecule has 7 nitrogen and oxygen atoms in total. The van der Waals surface area contributed by atoms with Crippen molar-refractivity contribution in [1.82, 2.24) is 15.1 Å². The van der Waals surface area contributed by atoms with E-state index in [9.17, 15) is 18.8 Å². The number of nitrogens with one attached hydrogen (secondary N) is 1. The number of hydrogen-bond acceptors (Lipinski definition) is 4. The summed E-state index contributed by atoms with van der Waals surface area (Å²) in [5, 5.41) is 3.04. The number of amides is 3. The second kappa shape index (κ2) is 10.7. The van der Waals surface area contributed by atoms with Gasteiger partial charge in [0.2, 0.25) is 0 Å². The number of nitrogens with zero attached hydrogens (tertiary/aromatic N) is 2. The second-order valence-corrected chi connectivity index (χ2v) is 9.78. The zero-order valence-corrected chi connectivity index (χ0v) is 20.3. The van der Waals surface area contributed by atoms with Crippen molar-refractivity contribution < 1.29 is 18.8 Å². The minimum atomic E-state index is -1.13. The topological polar surface area (TPSA) is 95.7 Å². The Balaban J connectivity index is 1.64. The molecule has 1 heterocycles. The molecule has 4 rings (SSSR count). The van der Waals surface area contributed by atoms with Gasteiger partial charge < -0.3 is 20.9 Å². The van der Waals surface area contributed by atoms with Crippen LogP contribution in [0.4, 0.5) is 4.39 Å². The van der Waals surface area contributed by atoms with Gasteiger partial charge in [0.25, 0.3) is 17.7 Å². The van der Waals surface area contributed by atoms with Crippen molar-refractivity contribution in [3.05, 3.63) is 69.9 Å². The Morgan fingerprint density at radius 2 is 1.50 bits per heavy atom. The third-order valence-corrected chi connectivity index (χ3v) is 6.90. The molecule has 2 aromatic carbocycles. The Morgan fingerprint density at radius 1 is 0.912 bits per heavy atom. The standard InChI is InChI=1S/C25H28BrFN4O3/c26-18-6-1-4-16(14-18)24(33)30-12-3-13-31(25(34)17-5-2-7-19(27)15-17)23(30)22(32)29-21-10-8-20(28)9-11-21/h1-2,4-7,14-15,20-21,23H,3,8-13,28H2,(H,29,32). The van der Waals surface area contributed by atoms with Gasteiger partial charge in [-0.1, -0.05) is 28.1 Å². The van der Waals surface area contributed by atoms with Crippen LogP contribution >= 0.6 is 15.9 Å². The van der Waals surface area contributed by atoms with Crippen LogP contribution < -0.4 is 11.1 Å². The third kappa shape index (κ3) is 5.47. The summed E-state index contributed by atoms with van der Waals surface area (Å²) in [5.41, 5.74) is 6.54. The van der Waals surface area contributed by atoms with Gasteiger partial charge in [0, 0.05) is 40.8 Å². The van der Waals surface area contributed by atoms with Crippen molar-refractivity contribution in [3.8, 4) is 0 Å². The Labute approximate surface area is 206 Å². The molecular weight excluding hydrogens is 503 g/mol. The molecule has 0 spiro atoms. The predicted octanol–water partition coefficient (Wildman–Crippen LogP) is 3.29. The van der Waals surface area contributed by atoms with E-state index in [1.165, 1.54) is 28.0 Å². The van der Waals surface area contributed by atoms with Gasteiger partial charge in [-0.3, -0.25) is 14.4 Å².